The van der Waals surface area contributed by atoms with Crippen LogP contribution in [0.5, 0.6) is 0 Å². The van der Waals surface area contributed by atoms with Gasteiger partial charge in [0, 0.05) is 23.2 Å². The van der Waals surface area contributed by atoms with Gasteiger partial charge in [0.05, 0.1) is 10.0 Å². The minimum atomic E-state index is -1.17. The molecule has 2 unspecified atom stereocenters. The topological polar surface area (TPSA) is 95.7 Å². The summed E-state index contributed by atoms with van der Waals surface area (Å²) in [7, 11) is 0. The van der Waals surface area contributed by atoms with Crippen LogP contribution < -0.4 is 5.32 Å². The fourth-order valence-corrected chi connectivity index (χ4v) is 6.03. The van der Waals surface area contributed by atoms with Crippen molar-refractivity contribution in [3.05, 3.63) is 67.7 Å². The molecule has 7 nitrogen and oxygen atoms in total. The molecule has 1 aliphatic carbocycles. The number of unbranched alkanes of at least 4 members (excludes halogenated alkanes) is 4. The van der Waals surface area contributed by atoms with Gasteiger partial charge in [0.2, 0.25) is 0 Å². The second-order valence-corrected chi connectivity index (χ2v) is 12.5. The lowest BCUT2D eigenvalue weighted by atomic mass is 10.1. The maximum atomic E-state index is 12.0. The van der Waals surface area contributed by atoms with Gasteiger partial charge in [-0.15, -0.1) is 11.8 Å². The zero-order valence-electron chi connectivity index (χ0n) is 21.5. The zero-order valence-corrected chi connectivity index (χ0v) is 23.8. The first kappa shape index (κ1) is 29.7. The number of halogens is 2. The molecule has 0 radical (unpaired) electrons. The molecule has 202 valence electrons. The number of benzene rings is 2. The highest BCUT2D eigenvalue weighted by molar-refractivity contribution is 8.01. The van der Waals surface area contributed by atoms with E-state index in [1.807, 2.05) is 18.2 Å². The quantitative estimate of drug-likeness (QED) is 0.0903. The van der Waals surface area contributed by atoms with Crippen LogP contribution in [0.1, 0.15) is 64.0 Å². The van der Waals surface area contributed by atoms with Crippen molar-refractivity contribution in [3.63, 3.8) is 0 Å². The summed E-state index contributed by atoms with van der Waals surface area (Å²) < 4.78 is -1.17. The van der Waals surface area contributed by atoms with Crippen LogP contribution in [0.3, 0.4) is 0 Å². The van der Waals surface area contributed by atoms with Gasteiger partial charge < -0.3 is 10.4 Å². The minimum Gasteiger partial charge on any atom is -0.361 e. The molecule has 10 heteroatoms. The Morgan fingerprint density at radius 3 is 2.51 bits per heavy atom. The van der Waals surface area contributed by atoms with Crippen molar-refractivity contribution in [1.82, 2.24) is 4.90 Å². The summed E-state index contributed by atoms with van der Waals surface area (Å²) in [6.07, 6.45) is 6.24. The Morgan fingerprint density at radius 1 is 1.14 bits per heavy atom. The van der Waals surface area contributed by atoms with Crippen LogP contribution in [0.4, 0.5) is 5.69 Å². The van der Waals surface area contributed by atoms with E-state index in [4.69, 9.17) is 23.2 Å². The molecule has 2 aromatic rings. The van der Waals surface area contributed by atoms with Crippen molar-refractivity contribution in [1.29, 1.82) is 0 Å². The van der Waals surface area contributed by atoms with Crippen LogP contribution in [0, 0.1) is 10.1 Å². The summed E-state index contributed by atoms with van der Waals surface area (Å²) in [5.41, 5.74) is 3.01. The molecule has 0 aromatic heterocycles. The van der Waals surface area contributed by atoms with Crippen LogP contribution >= 0.6 is 35.0 Å². The van der Waals surface area contributed by atoms with Crippen molar-refractivity contribution in [2.24, 2.45) is 0 Å². The summed E-state index contributed by atoms with van der Waals surface area (Å²) in [5.74, 6) is -1.01. The van der Waals surface area contributed by atoms with Crippen LogP contribution in [-0.4, -0.2) is 44.5 Å². The summed E-state index contributed by atoms with van der Waals surface area (Å²) >= 11 is 13.4. The van der Waals surface area contributed by atoms with E-state index in [0.717, 1.165) is 42.7 Å². The van der Waals surface area contributed by atoms with Crippen LogP contribution in [0.15, 0.2) is 41.3 Å². The molecule has 2 aromatic carbocycles. The van der Waals surface area contributed by atoms with Crippen molar-refractivity contribution in [2.75, 3.05) is 11.9 Å². The number of carbonyl (C=O) groups is 1. The highest BCUT2D eigenvalue weighted by atomic mass is 35.5. The molecule has 0 heterocycles. The van der Waals surface area contributed by atoms with Gasteiger partial charge in [-0.1, -0.05) is 61.9 Å². The van der Waals surface area contributed by atoms with Crippen molar-refractivity contribution >= 4 is 46.6 Å². The van der Waals surface area contributed by atoms with E-state index >= 15 is 0 Å². The SMILES string of the molecule is CCCCCCCN(C1Cc2ccc(SC(C)(C)C(=O)[N+](=O)[O-])cc2C1)C(O)Nc1ccc(Cl)c(Cl)c1. The summed E-state index contributed by atoms with van der Waals surface area (Å²) in [5, 5.41) is 26.3. The maximum absolute atomic E-state index is 12.0. The Labute approximate surface area is 233 Å². The fraction of sp³-hybridized carbons (Fsp3) is 0.519. The van der Waals surface area contributed by atoms with E-state index in [1.165, 1.54) is 36.6 Å². The largest absolute Gasteiger partial charge is 0.460 e. The van der Waals surface area contributed by atoms with E-state index in [9.17, 15) is 20.0 Å². The first-order valence-corrected chi connectivity index (χ1v) is 14.2. The minimum absolute atomic E-state index is 0.0834. The molecule has 3 rings (SSSR count). The molecule has 0 aliphatic heterocycles. The van der Waals surface area contributed by atoms with Crippen molar-refractivity contribution < 1.29 is 14.8 Å². The van der Waals surface area contributed by atoms with Gasteiger partial charge in [0.15, 0.2) is 6.35 Å². The molecule has 0 spiro atoms. The first-order chi connectivity index (χ1) is 17.5. The number of thioether (sulfide) groups is 1. The van der Waals surface area contributed by atoms with E-state index in [0.29, 0.717) is 15.7 Å². The number of nitrogens with one attached hydrogen (secondary N) is 1. The molecule has 1 aliphatic rings. The molecular formula is C27H35Cl2N3O4S. The molecule has 0 saturated carbocycles. The maximum Gasteiger partial charge on any atom is 0.460 e. The van der Waals surface area contributed by atoms with Gasteiger partial charge in [-0.3, -0.25) is 15.0 Å². The predicted octanol–water partition coefficient (Wildman–Crippen LogP) is 6.80. The van der Waals surface area contributed by atoms with Crippen LogP contribution in [0.2, 0.25) is 10.0 Å². The molecule has 2 N–H and O–H groups in total. The van der Waals surface area contributed by atoms with Gasteiger partial charge in [0.1, 0.15) is 9.67 Å². The van der Waals surface area contributed by atoms with E-state index in [2.05, 4.69) is 17.1 Å². The third-order valence-electron chi connectivity index (χ3n) is 6.66. The monoisotopic (exact) mass is 567 g/mol. The van der Waals surface area contributed by atoms with Crippen LogP contribution in [0.25, 0.3) is 0 Å². The summed E-state index contributed by atoms with van der Waals surface area (Å²) in [4.78, 5) is 25.1. The number of hydrogen-bond acceptors (Lipinski definition) is 7. The molecule has 0 bridgehead atoms. The normalized spacial score (nSPS) is 16.0. The number of aliphatic hydroxyl groups excluding tert-OH is 1. The van der Waals surface area contributed by atoms with Crippen molar-refractivity contribution in [3.8, 4) is 0 Å². The Hall–Kier alpha value is -1.84. The smallest absolute Gasteiger partial charge is 0.361 e. The predicted molar refractivity (Wildman–Crippen MR) is 151 cm³/mol. The lowest BCUT2D eigenvalue weighted by Crippen LogP contribution is -2.48. The lowest BCUT2D eigenvalue weighted by Gasteiger charge is -2.34. The number of hydrogen-bond donors (Lipinski definition) is 2. The number of carbonyl (C=O) groups excluding carboxylic acids is 1. The number of nitrogens with zero attached hydrogens (tertiary/aromatic N) is 2. The third kappa shape index (κ3) is 8.07. The van der Waals surface area contributed by atoms with Gasteiger partial charge in [-0.05, 0) is 74.6 Å². The number of anilines is 1. The number of aliphatic hydroxyl groups is 1. The number of rotatable bonds is 13. The number of nitro groups is 1. The molecule has 0 fully saturated rings. The van der Waals surface area contributed by atoms with E-state index < -0.39 is 21.9 Å². The fourth-order valence-electron chi connectivity index (χ4n) is 4.65. The number of amides is 1. The van der Waals surface area contributed by atoms with Gasteiger partial charge in [-0.25, -0.2) is 4.79 Å². The Balaban J connectivity index is 1.73. The van der Waals surface area contributed by atoms with E-state index in [-0.39, 0.29) is 6.04 Å². The zero-order chi connectivity index (χ0) is 27.2. The molecule has 2 atom stereocenters. The standard InChI is InChI=1S/C27H35Cl2N3O4S/c1-4-5-6-7-8-13-31(26(34)30-20-10-12-23(28)24(29)17-20)21-14-18-9-11-22(16-19(18)15-21)37-27(2,3)25(33)32(35)36/h9-12,16-17,21,26,30,34H,4-8,13-15H2,1-3H3. The molecule has 0 saturated heterocycles. The Morgan fingerprint density at radius 2 is 1.84 bits per heavy atom. The van der Waals surface area contributed by atoms with Gasteiger partial charge >= 0.3 is 5.91 Å². The second-order valence-electron chi connectivity index (χ2n) is 9.97. The van der Waals surface area contributed by atoms with Gasteiger partial charge in [0.25, 0.3) is 0 Å². The first-order valence-electron chi connectivity index (χ1n) is 12.7. The lowest BCUT2D eigenvalue weighted by molar-refractivity contribution is -0.404. The summed E-state index contributed by atoms with van der Waals surface area (Å²) in [6, 6.07) is 11.2. The third-order valence-corrected chi connectivity index (χ3v) is 8.57. The second kappa shape index (κ2) is 13.3. The summed E-state index contributed by atoms with van der Waals surface area (Å²) in [6.45, 7) is 6.08. The Bertz CT molecular complexity index is 1120. The molecule has 37 heavy (non-hydrogen) atoms. The highest BCUT2D eigenvalue weighted by Crippen LogP contribution is 2.37. The molecule has 1 amide bonds. The molecular weight excluding hydrogens is 533 g/mol. The number of fused-ring (bicyclic) bond motifs is 1. The average Bonchev–Trinajstić information content (AvgIpc) is 3.25. The highest BCUT2D eigenvalue weighted by Gasteiger charge is 2.39. The van der Waals surface area contributed by atoms with Gasteiger partial charge in [-0.2, -0.15) is 0 Å². The van der Waals surface area contributed by atoms with Crippen molar-refractivity contribution in [2.45, 2.75) is 87.8 Å². The average molecular weight is 569 g/mol. The van der Waals surface area contributed by atoms with E-state index in [1.54, 1.807) is 32.0 Å². The van der Waals surface area contributed by atoms with Crippen LogP contribution in [-0.2, 0) is 17.6 Å². The Kier molecular flexibility index (Phi) is 10.7.